The van der Waals surface area contributed by atoms with Crippen LogP contribution in [0.15, 0.2) is 24.3 Å². The zero-order chi connectivity index (χ0) is 12.3. The Balaban J connectivity index is 2.12. The molecule has 1 aromatic carbocycles. The molecular formula is C16H22O. The first-order valence-electron chi connectivity index (χ1n) is 6.88. The lowest BCUT2D eigenvalue weighted by molar-refractivity contribution is 0.0878. The number of Topliss-reactive ketones (excluding diaryl/α,β-unsaturated/α-hetero) is 1. The second-order valence-electron chi connectivity index (χ2n) is 5.18. The monoisotopic (exact) mass is 230 g/mol. The summed E-state index contributed by atoms with van der Waals surface area (Å²) in [5.74, 6) is 1.38. The molecule has 1 unspecified atom stereocenters. The summed E-state index contributed by atoms with van der Waals surface area (Å²) in [5, 5.41) is 0. The summed E-state index contributed by atoms with van der Waals surface area (Å²) in [6.07, 6.45) is 5.60. The Labute approximate surface area is 104 Å². The highest BCUT2D eigenvalue weighted by molar-refractivity contribution is 6.00. The van der Waals surface area contributed by atoms with Gasteiger partial charge < -0.3 is 0 Å². The number of hydrogen-bond acceptors (Lipinski definition) is 1. The third kappa shape index (κ3) is 2.59. The van der Waals surface area contributed by atoms with E-state index >= 15 is 0 Å². The minimum atomic E-state index is 0.273. The summed E-state index contributed by atoms with van der Waals surface area (Å²) < 4.78 is 0. The summed E-state index contributed by atoms with van der Waals surface area (Å²) in [6.45, 7) is 4.46. The number of benzene rings is 1. The van der Waals surface area contributed by atoms with Gasteiger partial charge >= 0.3 is 0 Å². The molecular weight excluding hydrogens is 208 g/mol. The van der Waals surface area contributed by atoms with E-state index < -0.39 is 0 Å². The number of ketones is 1. The molecule has 0 N–H and O–H groups in total. The van der Waals surface area contributed by atoms with Gasteiger partial charge in [-0.15, -0.1) is 0 Å². The van der Waals surface area contributed by atoms with Crippen LogP contribution >= 0.6 is 0 Å². The Morgan fingerprint density at radius 3 is 2.65 bits per heavy atom. The Bertz CT molecular complexity index is 390. The Kier molecular flexibility index (Phi) is 3.98. The minimum absolute atomic E-state index is 0.273. The molecule has 1 aromatic rings. The van der Waals surface area contributed by atoms with Crippen molar-refractivity contribution in [1.82, 2.24) is 0 Å². The first-order valence-corrected chi connectivity index (χ1v) is 6.88. The van der Waals surface area contributed by atoms with Crippen molar-refractivity contribution >= 4 is 5.78 Å². The molecule has 92 valence electrons. The molecule has 0 radical (unpaired) electrons. The predicted molar refractivity (Wildman–Crippen MR) is 71.3 cm³/mol. The minimum Gasteiger partial charge on any atom is -0.294 e. The molecule has 0 bridgehead atoms. The van der Waals surface area contributed by atoms with E-state index in [9.17, 15) is 4.79 Å². The van der Waals surface area contributed by atoms with E-state index in [1.165, 1.54) is 18.4 Å². The molecule has 0 spiro atoms. The molecule has 0 heterocycles. The van der Waals surface area contributed by atoms with Crippen LogP contribution in [-0.2, 0) is 6.42 Å². The van der Waals surface area contributed by atoms with Gasteiger partial charge in [0, 0.05) is 11.5 Å². The fraction of sp³-hybridized carbons (Fsp3) is 0.562. The zero-order valence-corrected chi connectivity index (χ0v) is 10.9. The standard InChI is InChI=1S/C16H22O/c1-3-12(4-2)11-14-10-9-13-7-5-6-8-15(13)16(14)17/h5-8,12,14H,3-4,9-11H2,1-2H3. The van der Waals surface area contributed by atoms with Crippen molar-refractivity contribution < 1.29 is 4.79 Å². The van der Waals surface area contributed by atoms with Gasteiger partial charge in [-0.3, -0.25) is 4.79 Å². The van der Waals surface area contributed by atoms with Crippen LogP contribution in [0.1, 0.15) is 55.5 Å². The van der Waals surface area contributed by atoms with Crippen LogP contribution in [0.2, 0.25) is 0 Å². The average Bonchev–Trinajstić information content (AvgIpc) is 2.38. The van der Waals surface area contributed by atoms with Crippen LogP contribution in [-0.4, -0.2) is 5.78 Å². The van der Waals surface area contributed by atoms with E-state index in [-0.39, 0.29) is 5.92 Å². The summed E-state index contributed by atoms with van der Waals surface area (Å²) in [4.78, 5) is 12.4. The Morgan fingerprint density at radius 1 is 1.24 bits per heavy atom. The molecule has 1 heteroatoms. The van der Waals surface area contributed by atoms with E-state index in [1.807, 2.05) is 18.2 Å². The van der Waals surface area contributed by atoms with Crippen LogP contribution in [0.4, 0.5) is 0 Å². The molecule has 0 fully saturated rings. The summed E-state index contributed by atoms with van der Waals surface area (Å²) in [7, 11) is 0. The number of fused-ring (bicyclic) bond motifs is 1. The van der Waals surface area contributed by atoms with E-state index in [1.54, 1.807) is 0 Å². The SMILES string of the molecule is CCC(CC)CC1CCc2ccccc2C1=O. The summed E-state index contributed by atoms with van der Waals surface area (Å²) in [5.41, 5.74) is 2.23. The third-order valence-corrected chi connectivity index (χ3v) is 4.19. The summed E-state index contributed by atoms with van der Waals surface area (Å²) >= 11 is 0. The van der Waals surface area contributed by atoms with Crippen molar-refractivity contribution in [3.8, 4) is 0 Å². The van der Waals surface area contributed by atoms with Crippen molar-refractivity contribution in [2.75, 3.05) is 0 Å². The van der Waals surface area contributed by atoms with Crippen molar-refractivity contribution in [2.45, 2.75) is 46.0 Å². The van der Waals surface area contributed by atoms with Crippen LogP contribution in [0.5, 0.6) is 0 Å². The molecule has 1 aliphatic rings. The quantitative estimate of drug-likeness (QED) is 0.755. The highest BCUT2D eigenvalue weighted by Gasteiger charge is 2.28. The highest BCUT2D eigenvalue weighted by Crippen LogP contribution is 2.31. The molecule has 1 nitrogen and oxygen atoms in total. The van der Waals surface area contributed by atoms with Gasteiger partial charge in [0.2, 0.25) is 0 Å². The first kappa shape index (κ1) is 12.3. The lowest BCUT2D eigenvalue weighted by atomic mass is 9.77. The average molecular weight is 230 g/mol. The molecule has 2 rings (SSSR count). The van der Waals surface area contributed by atoms with E-state index in [2.05, 4.69) is 19.9 Å². The van der Waals surface area contributed by atoms with Crippen molar-refractivity contribution in [3.05, 3.63) is 35.4 Å². The Hall–Kier alpha value is -1.11. The van der Waals surface area contributed by atoms with Gasteiger partial charge in [-0.05, 0) is 30.7 Å². The maximum atomic E-state index is 12.4. The number of hydrogen-bond donors (Lipinski definition) is 0. The lowest BCUT2D eigenvalue weighted by Crippen LogP contribution is -2.24. The highest BCUT2D eigenvalue weighted by atomic mass is 16.1. The van der Waals surface area contributed by atoms with Crippen molar-refractivity contribution in [1.29, 1.82) is 0 Å². The largest absolute Gasteiger partial charge is 0.294 e. The van der Waals surface area contributed by atoms with Crippen molar-refractivity contribution in [3.63, 3.8) is 0 Å². The van der Waals surface area contributed by atoms with Gasteiger partial charge in [-0.2, -0.15) is 0 Å². The molecule has 0 aromatic heterocycles. The predicted octanol–water partition coefficient (Wildman–Crippen LogP) is 4.26. The maximum Gasteiger partial charge on any atom is 0.166 e. The smallest absolute Gasteiger partial charge is 0.166 e. The number of aryl methyl sites for hydroxylation is 1. The first-order chi connectivity index (χ1) is 8.26. The zero-order valence-electron chi connectivity index (χ0n) is 10.9. The Morgan fingerprint density at radius 2 is 1.94 bits per heavy atom. The molecule has 0 amide bonds. The van der Waals surface area contributed by atoms with Crippen LogP contribution < -0.4 is 0 Å². The van der Waals surface area contributed by atoms with Gasteiger partial charge in [0.25, 0.3) is 0 Å². The van der Waals surface area contributed by atoms with Crippen LogP contribution in [0, 0.1) is 11.8 Å². The van der Waals surface area contributed by atoms with Gasteiger partial charge in [0.1, 0.15) is 0 Å². The number of carbonyl (C=O) groups excluding carboxylic acids is 1. The van der Waals surface area contributed by atoms with Gasteiger partial charge in [-0.1, -0.05) is 51.0 Å². The fourth-order valence-corrected chi connectivity index (χ4v) is 2.91. The van der Waals surface area contributed by atoms with E-state index in [4.69, 9.17) is 0 Å². The second-order valence-corrected chi connectivity index (χ2v) is 5.18. The second kappa shape index (κ2) is 5.48. The number of carbonyl (C=O) groups is 1. The normalized spacial score (nSPS) is 19.5. The summed E-state index contributed by atoms with van der Waals surface area (Å²) in [6, 6.07) is 8.11. The molecule has 1 aliphatic carbocycles. The third-order valence-electron chi connectivity index (χ3n) is 4.19. The van der Waals surface area contributed by atoms with Crippen LogP contribution in [0.3, 0.4) is 0 Å². The fourth-order valence-electron chi connectivity index (χ4n) is 2.91. The molecule has 0 saturated carbocycles. The molecule has 0 saturated heterocycles. The lowest BCUT2D eigenvalue weighted by Gasteiger charge is -2.26. The maximum absolute atomic E-state index is 12.4. The van der Waals surface area contributed by atoms with Crippen molar-refractivity contribution in [2.24, 2.45) is 11.8 Å². The number of rotatable bonds is 4. The molecule has 17 heavy (non-hydrogen) atoms. The van der Waals surface area contributed by atoms with Gasteiger partial charge in [0.15, 0.2) is 5.78 Å². The van der Waals surface area contributed by atoms with E-state index in [0.717, 1.165) is 24.8 Å². The van der Waals surface area contributed by atoms with E-state index in [0.29, 0.717) is 11.7 Å². The molecule has 1 atom stereocenters. The van der Waals surface area contributed by atoms with Gasteiger partial charge in [0.05, 0.1) is 0 Å². The topological polar surface area (TPSA) is 17.1 Å². The van der Waals surface area contributed by atoms with Crippen LogP contribution in [0.25, 0.3) is 0 Å². The molecule has 0 aliphatic heterocycles. The van der Waals surface area contributed by atoms with Gasteiger partial charge in [-0.25, -0.2) is 0 Å².